The van der Waals surface area contributed by atoms with E-state index >= 15 is 0 Å². The van der Waals surface area contributed by atoms with Crippen molar-refractivity contribution in [3.63, 3.8) is 0 Å². The Hall–Kier alpha value is -1.36. The van der Waals surface area contributed by atoms with Crippen molar-refractivity contribution in [2.24, 2.45) is 5.73 Å². The van der Waals surface area contributed by atoms with Crippen LogP contribution in [-0.2, 0) is 6.54 Å². The lowest BCUT2D eigenvalue weighted by Gasteiger charge is -2.18. The number of benzene rings is 1. The van der Waals surface area contributed by atoms with Crippen LogP contribution in [0.2, 0.25) is 0 Å². The summed E-state index contributed by atoms with van der Waals surface area (Å²) in [6.07, 6.45) is 1.89. The molecule has 2 aromatic rings. The van der Waals surface area contributed by atoms with Crippen LogP contribution in [-0.4, -0.2) is 33.8 Å². The number of halogens is 1. The van der Waals surface area contributed by atoms with Crippen molar-refractivity contribution in [2.75, 3.05) is 13.1 Å². The van der Waals surface area contributed by atoms with Crippen molar-refractivity contribution in [1.82, 2.24) is 14.7 Å². The first-order valence-corrected chi connectivity index (χ1v) is 7.70. The smallest absolute Gasteiger partial charge is 0.0527 e. The summed E-state index contributed by atoms with van der Waals surface area (Å²) in [6.45, 7) is 7.23. The first kappa shape index (κ1) is 17.0. The highest BCUT2D eigenvalue weighted by Crippen LogP contribution is 2.27. The second-order valence-electron chi connectivity index (χ2n) is 6.24. The van der Waals surface area contributed by atoms with Gasteiger partial charge in [-0.3, -0.25) is 9.58 Å². The summed E-state index contributed by atoms with van der Waals surface area (Å²) in [6, 6.07) is 13.3. The van der Waals surface area contributed by atoms with Gasteiger partial charge in [-0.1, -0.05) is 30.3 Å². The van der Waals surface area contributed by atoms with Crippen LogP contribution in [0.15, 0.2) is 42.6 Å². The van der Waals surface area contributed by atoms with Gasteiger partial charge in [0.05, 0.1) is 5.69 Å². The molecule has 0 radical (unpaired) electrons. The van der Waals surface area contributed by atoms with Gasteiger partial charge in [0, 0.05) is 43.8 Å². The van der Waals surface area contributed by atoms with Crippen LogP contribution in [0.4, 0.5) is 0 Å². The number of rotatable bonds is 4. The third-order valence-electron chi connectivity index (χ3n) is 4.30. The van der Waals surface area contributed by atoms with E-state index in [9.17, 15) is 0 Å². The van der Waals surface area contributed by atoms with Crippen molar-refractivity contribution in [1.29, 1.82) is 0 Å². The highest BCUT2D eigenvalue weighted by atomic mass is 35.5. The third-order valence-corrected chi connectivity index (χ3v) is 4.30. The lowest BCUT2D eigenvalue weighted by atomic mass is 9.95. The van der Waals surface area contributed by atoms with E-state index < -0.39 is 0 Å². The Morgan fingerprint density at radius 1 is 1.18 bits per heavy atom. The van der Waals surface area contributed by atoms with Crippen LogP contribution in [0.1, 0.15) is 37.1 Å². The molecule has 1 aromatic carbocycles. The van der Waals surface area contributed by atoms with E-state index in [0.29, 0.717) is 12.0 Å². The summed E-state index contributed by atoms with van der Waals surface area (Å²) in [4.78, 5) is 2.44. The highest BCUT2D eigenvalue weighted by Gasteiger charge is 2.31. The normalized spacial score (nSPS) is 22.0. The summed E-state index contributed by atoms with van der Waals surface area (Å²) in [7, 11) is 0. The Balaban J connectivity index is 0.00000176. The lowest BCUT2D eigenvalue weighted by Crippen LogP contribution is -2.29. The Morgan fingerprint density at radius 2 is 1.91 bits per heavy atom. The minimum atomic E-state index is 0. The van der Waals surface area contributed by atoms with Crippen molar-refractivity contribution in [3.8, 4) is 0 Å². The molecule has 120 valence electrons. The molecule has 22 heavy (non-hydrogen) atoms. The van der Waals surface area contributed by atoms with Crippen LogP contribution >= 0.6 is 12.4 Å². The maximum Gasteiger partial charge on any atom is 0.0527 e. The van der Waals surface area contributed by atoms with E-state index in [1.165, 1.54) is 11.3 Å². The fraction of sp³-hybridized carbons (Fsp3) is 0.471. The summed E-state index contributed by atoms with van der Waals surface area (Å²) in [5.41, 5.74) is 8.99. The van der Waals surface area contributed by atoms with E-state index in [4.69, 9.17) is 5.73 Å². The topological polar surface area (TPSA) is 47.1 Å². The fourth-order valence-electron chi connectivity index (χ4n) is 3.26. The van der Waals surface area contributed by atoms with E-state index in [1.807, 2.05) is 6.20 Å². The first-order valence-electron chi connectivity index (χ1n) is 7.70. The van der Waals surface area contributed by atoms with E-state index in [0.717, 1.165) is 19.6 Å². The lowest BCUT2D eigenvalue weighted by molar-refractivity contribution is 0.307. The molecule has 1 aliphatic rings. The number of aromatic nitrogens is 2. The van der Waals surface area contributed by atoms with Gasteiger partial charge in [0.2, 0.25) is 0 Å². The molecule has 2 atom stereocenters. The zero-order valence-electron chi connectivity index (χ0n) is 13.2. The summed E-state index contributed by atoms with van der Waals surface area (Å²) < 4.78 is 2.10. The molecular formula is C17H25ClN4. The molecule has 3 rings (SSSR count). The predicted octanol–water partition coefficient (Wildman–Crippen LogP) is 2.81. The van der Waals surface area contributed by atoms with Gasteiger partial charge in [-0.2, -0.15) is 5.10 Å². The average molecular weight is 321 g/mol. The van der Waals surface area contributed by atoms with Gasteiger partial charge < -0.3 is 5.73 Å². The molecular weight excluding hydrogens is 296 g/mol. The zero-order chi connectivity index (χ0) is 14.8. The van der Waals surface area contributed by atoms with Gasteiger partial charge in [-0.15, -0.1) is 12.4 Å². The molecule has 0 amide bonds. The second kappa shape index (κ2) is 7.27. The zero-order valence-corrected chi connectivity index (χ0v) is 14.0. The molecule has 0 bridgehead atoms. The quantitative estimate of drug-likeness (QED) is 0.942. The molecule has 0 aliphatic carbocycles. The minimum Gasteiger partial charge on any atom is -0.326 e. The van der Waals surface area contributed by atoms with Crippen molar-refractivity contribution in [3.05, 3.63) is 53.9 Å². The molecule has 1 fully saturated rings. The molecule has 1 aliphatic heterocycles. The Kier molecular flexibility index (Phi) is 5.62. The van der Waals surface area contributed by atoms with Gasteiger partial charge in [0.15, 0.2) is 0 Å². The van der Waals surface area contributed by atoms with Crippen LogP contribution in [0.25, 0.3) is 0 Å². The highest BCUT2D eigenvalue weighted by molar-refractivity contribution is 5.85. The second-order valence-corrected chi connectivity index (χ2v) is 6.24. The van der Waals surface area contributed by atoms with E-state index in [-0.39, 0.29) is 18.4 Å². The van der Waals surface area contributed by atoms with Crippen LogP contribution in [0.5, 0.6) is 0 Å². The number of hydrogen-bond donors (Lipinski definition) is 1. The molecule has 5 heteroatoms. The minimum absolute atomic E-state index is 0. The molecule has 2 N–H and O–H groups in total. The maximum absolute atomic E-state index is 6.36. The van der Waals surface area contributed by atoms with Gasteiger partial charge in [-0.25, -0.2) is 0 Å². The monoisotopic (exact) mass is 320 g/mol. The van der Waals surface area contributed by atoms with E-state index in [1.54, 1.807) is 0 Å². The molecule has 1 aromatic heterocycles. The number of hydrogen-bond acceptors (Lipinski definition) is 3. The Labute approximate surface area is 138 Å². The molecule has 0 spiro atoms. The predicted molar refractivity (Wildman–Crippen MR) is 92.3 cm³/mol. The van der Waals surface area contributed by atoms with Gasteiger partial charge in [0.25, 0.3) is 0 Å². The van der Waals surface area contributed by atoms with Crippen molar-refractivity contribution >= 4 is 12.4 Å². The maximum atomic E-state index is 6.36. The molecule has 4 nitrogen and oxygen atoms in total. The number of nitrogens with zero attached hydrogens (tertiary/aromatic N) is 3. The average Bonchev–Trinajstić information content (AvgIpc) is 3.07. The number of likely N-dealkylation sites (tertiary alicyclic amines) is 1. The SMILES string of the molecule is CC(C)n1nccc1CN1C[C@@H](N)[C@H](c2ccccc2)C1.Cl. The van der Waals surface area contributed by atoms with Crippen LogP contribution in [0.3, 0.4) is 0 Å². The van der Waals surface area contributed by atoms with Crippen LogP contribution in [0, 0.1) is 0 Å². The Morgan fingerprint density at radius 3 is 2.59 bits per heavy atom. The summed E-state index contributed by atoms with van der Waals surface area (Å²) in [5.74, 6) is 0.432. The van der Waals surface area contributed by atoms with Gasteiger partial charge >= 0.3 is 0 Å². The van der Waals surface area contributed by atoms with Crippen LogP contribution < -0.4 is 5.73 Å². The number of nitrogens with two attached hydrogens (primary N) is 1. The fourth-order valence-corrected chi connectivity index (χ4v) is 3.26. The Bertz CT molecular complexity index is 581. The van der Waals surface area contributed by atoms with Gasteiger partial charge in [0.1, 0.15) is 0 Å². The van der Waals surface area contributed by atoms with Crippen molar-refractivity contribution in [2.45, 2.75) is 38.4 Å². The summed E-state index contributed by atoms with van der Waals surface area (Å²) >= 11 is 0. The third kappa shape index (κ3) is 3.51. The first-order chi connectivity index (χ1) is 10.1. The molecule has 2 heterocycles. The molecule has 0 saturated carbocycles. The van der Waals surface area contributed by atoms with Gasteiger partial charge in [-0.05, 0) is 25.5 Å². The molecule has 0 unspecified atom stereocenters. The molecule has 1 saturated heterocycles. The van der Waals surface area contributed by atoms with E-state index in [2.05, 4.69) is 64.9 Å². The van der Waals surface area contributed by atoms with Crippen molar-refractivity contribution < 1.29 is 0 Å². The summed E-state index contributed by atoms with van der Waals surface area (Å²) in [5, 5.41) is 4.41. The largest absolute Gasteiger partial charge is 0.326 e. The standard InChI is InChI=1S/C17H24N4.ClH/c1-13(2)21-15(8-9-19-21)10-20-11-16(17(18)12-20)14-6-4-3-5-7-14;/h3-9,13,16-17H,10-12,18H2,1-2H3;1H/t16-,17+;/m0./s1.